The Kier molecular flexibility index (Phi) is 3.58. The van der Waals surface area contributed by atoms with Crippen molar-refractivity contribution in [3.8, 4) is 11.8 Å². The Balaban J connectivity index is 2.07. The quantitative estimate of drug-likeness (QED) is 0.802. The van der Waals surface area contributed by atoms with E-state index in [-0.39, 0.29) is 6.61 Å². The van der Waals surface area contributed by atoms with Gasteiger partial charge < -0.3 is 9.15 Å². The monoisotopic (exact) mass is 341 g/mol. The van der Waals surface area contributed by atoms with Gasteiger partial charge in [0.1, 0.15) is 5.75 Å². The van der Waals surface area contributed by atoms with Crippen LogP contribution in [0, 0.1) is 21.8 Å². The van der Waals surface area contributed by atoms with Gasteiger partial charge in [0.05, 0.1) is 15.2 Å². The van der Waals surface area contributed by atoms with Crippen LogP contribution in [-0.4, -0.2) is 10.2 Å². The fourth-order valence-corrected chi connectivity index (χ4v) is 1.89. The standard InChI is InChI=1S/C11H8IN3O2/c1-7-14-15-11(17-7)6-16-10-3-2-8(5-13)4-9(10)12/h2-4H,6H2,1H3. The van der Waals surface area contributed by atoms with Crippen LogP contribution in [0.2, 0.25) is 0 Å². The first-order chi connectivity index (χ1) is 8.19. The van der Waals surface area contributed by atoms with Crippen LogP contribution >= 0.6 is 22.6 Å². The highest BCUT2D eigenvalue weighted by Crippen LogP contribution is 2.22. The van der Waals surface area contributed by atoms with Crippen molar-refractivity contribution in [2.75, 3.05) is 0 Å². The van der Waals surface area contributed by atoms with Gasteiger partial charge in [-0.25, -0.2) is 0 Å². The van der Waals surface area contributed by atoms with E-state index in [9.17, 15) is 0 Å². The van der Waals surface area contributed by atoms with Gasteiger partial charge >= 0.3 is 0 Å². The van der Waals surface area contributed by atoms with E-state index in [1.54, 1.807) is 25.1 Å². The molecule has 1 aromatic heterocycles. The summed E-state index contributed by atoms with van der Waals surface area (Å²) in [5, 5.41) is 16.3. The number of hydrogen-bond donors (Lipinski definition) is 0. The molecule has 1 aromatic carbocycles. The van der Waals surface area contributed by atoms with Gasteiger partial charge in [0.25, 0.3) is 5.89 Å². The largest absolute Gasteiger partial charge is 0.483 e. The molecule has 0 unspecified atom stereocenters. The predicted octanol–water partition coefficient (Wildman–Crippen LogP) is 2.43. The lowest BCUT2D eigenvalue weighted by Gasteiger charge is -2.05. The summed E-state index contributed by atoms with van der Waals surface area (Å²) in [5.74, 6) is 1.64. The van der Waals surface area contributed by atoms with Crippen molar-refractivity contribution in [1.29, 1.82) is 5.26 Å². The van der Waals surface area contributed by atoms with Crippen LogP contribution in [0.5, 0.6) is 5.75 Å². The molecule has 0 fully saturated rings. The first kappa shape index (κ1) is 11.9. The zero-order chi connectivity index (χ0) is 12.3. The summed E-state index contributed by atoms with van der Waals surface area (Å²) in [6.45, 7) is 1.95. The molecule has 0 atom stereocenters. The summed E-state index contributed by atoms with van der Waals surface area (Å²) in [4.78, 5) is 0. The van der Waals surface area contributed by atoms with Gasteiger partial charge in [-0.15, -0.1) is 10.2 Å². The van der Waals surface area contributed by atoms with Crippen LogP contribution in [-0.2, 0) is 6.61 Å². The Labute approximate surface area is 112 Å². The Hall–Kier alpha value is -1.62. The van der Waals surface area contributed by atoms with E-state index < -0.39 is 0 Å². The molecule has 5 nitrogen and oxygen atoms in total. The fourth-order valence-electron chi connectivity index (χ4n) is 1.22. The van der Waals surface area contributed by atoms with Gasteiger partial charge in [0.2, 0.25) is 5.89 Å². The minimum Gasteiger partial charge on any atom is -0.483 e. The van der Waals surface area contributed by atoms with E-state index in [1.165, 1.54) is 0 Å². The Morgan fingerprint density at radius 1 is 1.47 bits per heavy atom. The van der Waals surface area contributed by atoms with Gasteiger partial charge in [0.15, 0.2) is 6.61 Å². The van der Waals surface area contributed by atoms with Gasteiger partial charge in [-0.3, -0.25) is 0 Å². The molecule has 0 N–H and O–H groups in total. The minimum atomic E-state index is 0.225. The molecule has 0 saturated heterocycles. The van der Waals surface area contributed by atoms with Crippen LogP contribution < -0.4 is 4.74 Å². The molecule has 0 bridgehead atoms. The zero-order valence-corrected chi connectivity index (χ0v) is 11.1. The van der Waals surface area contributed by atoms with Crippen LogP contribution in [0.15, 0.2) is 22.6 Å². The van der Waals surface area contributed by atoms with Crippen molar-refractivity contribution in [2.45, 2.75) is 13.5 Å². The molecule has 86 valence electrons. The maximum absolute atomic E-state index is 8.74. The average Bonchev–Trinajstić information content (AvgIpc) is 2.73. The average molecular weight is 341 g/mol. The molecule has 0 radical (unpaired) electrons. The number of ether oxygens (including phenoxy) is 1. The SMILES string of the molecule is Cc1nnc(COc2ccc(C#N)cc2I)o1. The number of rotatable bonds is 3. The van der Waals surface area contributed by atoms with Crippen LogP contribution in [0.1, 0.15) is 17.3 Å². The molecule has 0 aliphatic rings. The number of halogens is 1. The van der Waals surface area contributed by atoms with Gasteiger partial charge in [0, 0.05) is 6.92 Å². The summed E-state index contributed by atoms with van der Waals surface area (Å²) in [6, 6.07) is 7.29. The normalized spacial score (nSPS) is 9.94. The molecule has 0 saturated carbocycles. The highest BCUT2D eigenvalue weighted by Gasteiger charge is 2.06. The number of aryl methyl sites for hydroxylation is 1. The number of aromatic nitrogens is 2. The van der Waals surface area contributed by atoms with Crippen molar-refractivity contribution < 1.29 is 9.15 Å². The number of nitriles is 1. The first-order valence-electron chi connectivity index (χ1n) is 4.80. The first-order valence-corrected chi connectivity index (χ1v) is 5.88. The van der Waals surface area contributed by atoms with Crippen LogP contribution in [0.3, 0.4) is 0 Å². The summed E-state index contributed by atoms with van der Waals surface area (Å²) in [5.41, 5.74) is 0.607. The minimum absolute atomic E-state index is 0.225. The van der Waals surface area contributed by atoms with Crippen molar-refractivity contribution in [3.63, 3.8) is 0 Å². The van der Waals surface area contributed by atoms with Crippen molar-refractivity contribution in [1.82, 2.24) is 10.2 Å². The Morgan fingerprint density at radius 3 is 2.88 bits per heavy atom. The topological polar surface area (TPSA) is 71.9 Å². The van der Waals surface area contributed by atoms with Crippen molar-refractivity contribution >= 4 is 22.6 Å². The van der Waals surface area contributed by atoms with E-state index >= 15 is 0 Å². The van der Waals surface area contributed by atoms with Gasteiger partial charge in [-0.2, -0.15) is 5.26 Å². The van der Waals surface area contributed by atoms with Crippen LogP contribution in [0.4, 0.5) is 0 Å². The van der Waals surface area contributed by atoms with Gasteiger partial charge in [-0.05, 0) is 40.8 Å². The third kappa shape index (κ3) is 2.94. The number of nitrogens with zero attached hydrogens (tertiary/aromatic N) is 3. The Bertz CT molecular complexity index is 574. The van der Waals surface area contributed by atoms with E-state index in [1.807, 2.05) is 0 Å². The second-order valence-corrected chi connectivity index (χ2v) is 4.42. The molecule has 17 heavy (non-hydrogen) atoms. The smallest absolute Gasteiger partial charge is 0.253 e. The molecule has 0 aliphatic heterocycles. The highest BCUT2D eigenvalue weighted by atomic mass is 127. The maximum atomic E-state index is 8.74. The Morgan fingerprint density at radius 2 is 2.29 bits per heavy atom. The maximum Gasteiger partial charge on any atom is 0.253 e. The zero-order valence-electron chi connectivity index (χ0n) is 8.98. The van der Waals surface area contributed by atoms with E-state index in [0.717, 1.165) is 3.57 Å². The lowest BCUT2D eigenvalue weighted by atomic mass is 10.2. The lowest BCUT2D eigenvalue weighted by molar-refractivity contribution is 0.259. The summed E-state index contributed by atoms with van der Waals surface area (Å²) < 4.78 is 11.6. The second kappa shape index (κ2) is 5.14. The molecular weight excluding hydrogens is 333 g/mol. The predicted molar refractivity (Wildman–Crippen MR) is 67.2 cm³/mol. The summed E-state index contributed by atoms with van der Waals surface area (Å²) >= 11 is 2.11. The van der Waals surface area contributed by atoms with E-state index in [2.05, 4.69) is 38.9 Å². The third-order valence-corrected chi connectivity index (χ3v) is 2.82. The molecule has 0 aliphatic carbocycles. The highest BCUT2D eigenvalue weighted by molar-refractivity contribution is 14.1. The molecule has 2 aromatic rings. The second-order valence-electron chi connectivity index (χ2n) is 3.26. The van der Waals surface area contributed by atoms with Crippen LogP contribution in [0.25, 0.3) is 0 Å². The van der Waals surface area contributed by atoms with Gasteiger partial charge in [-0.1, -0.05) is 0 Å². The lowest BCUT2D eigenvalue weighted by Crippen LogP contribution is -1.97. The van der Waals surface area contributed by atoms with Crippen molar-refractivity contribution in [2.24, 2.45) is 0 Å². The molecule has 2 rings (SSSR count). The van der Waals surface area contributed by atoms with E-state index in [4.69, 9.17) is 14.4 Å². The fraction of sp³-hybridized carbons (Fsp3) is 0.182. The molecule has 6 heteroatoms. The summed E-state index contributed by atoms with van der Waals surface area (Å²) in [6.07, 6.45) is 0. The van der Waals surface area contributed by atoms with E-state index in [0.29, 0.717) is 23.1 Å². The third-order valence-electron chi connectivity index (χ3n) is 1.98. The summed E-state index contributed by atoms with van der Waals surface area (Å²) in [7, 11) is 0. The number of benzene rings is 1. The number of hydrogen-bond acceptors (Lipinski definition) is 5. The molecule has 1 heterocycles. The molecule has 0 spiro atoms. The van der Waals surface area contributed by atoms with Crippen molar-refractivity contribution in [3.05, 3.63) is 39.1 Å². The molecular formula is C11H8IN3O2. The molecule has 0 amide bonds.